The van der Waals surface area contributed by atoms with Gasteiger partial charge in [0, 0.05) is 6.07 Å². The van der Waals surface area contributed by atoms with Crippen molar-refractivity contribution in [1.29, 1.82) is 0 Å². The topological polar surface area (TPSA) is 126 Å². The van der Waals surface area contributed by atoms with E-state index in [9.17, 15) is 14.9 Å². The van der Waals surface area contributed by atoms with E-state index in [0.717, 1.165) is 0 Å². The summed E-state index contributed by atoms with van der Waals surface area (Å²) in [5, 5.41) is 22.3. The van der Waals surface area contributed by atoms with Crippen molar-refractivity contribution in [2.75, 3.05) is 5.43 Å². The van der Waals surface area contributed by atoms with E-state index in [-0.39, 0.29) is 22.9 Å². The van der Waals surface area contributed by atoms with Crippen molar-refractivity contribution in [3.63, 3.8) is 0 Å². The van der Waals surface area contributed by atoms with Crippen LogP contribution in [-0.2, 0) is 0 Å². The van der Waals surface area contributed by atoms with Gasteiger partial charge in [0.15, 0.2) is 0 Å². The molecule has 9 nitrogen and oxygen atoms in total. The van der Waals surface area contributed by atoms with E-state index in [0.29, 0.717) is 11.3 Å². The zero-order valence-electron chi connectivity index (χ0n) is 11.3. The number of benzene rings is 1. The number of hydrogen-bond acceptors (Lipinski definition) is 7. The van der Waals surface area contributed by atoms with Crippen LogP contribution >= 0.6 is 0 Å². The van der Waals surface area contributed by atoms with Gasteiger partial charge in [0.05, 0.1) is 16.2 Å². The average Bonchev–Trinajstić information content (AvgIpc) is 2.48. The molecule has 0 aliphatic heterocycles. The average molecular weight is 288 g/mol. The minimum Gasteiger partial charge on any atom is -0.288 e. The lowest BCUT2D eigenvalue weighted by atomic mass is 10.1. The van der Waals surface area contributed by atoms with Crippen LogP contribution in [0.2, 0.25) is 0 Å². The Bertz CT molecular complexity index is 768. The van der Waals surface area contributed by atoms with E-state index in [2.05, 4.69) is 25.7 Å². The van der Waals surface area contributed by atoms with Crippen molar-refractivity contribution < 1.29 is 4.92 Å². The predicted molar refractivity (Wildman–Crippen MR) is 76.3 cm³/mol. The molecule has 0 saturated carbocycles. The van der Waals surface area contributed by atoms with E-state index in [4.69, 9.17) is 0 Å². The Hall–Kier alpha value is -3.10. The second-order valence-electron chi connectivity index (χ2n) is 4.17. The van der Waals surface area contributed by atoms with Crippen molar-refractivity contribution in [1.82, 2.24) is 15.2 Å². The molecule has 0 saturated heterocycles. The fraction of sp³-hybridized carbons (Fsp3) is 0.167. The maximum atomic E-state index is 11.4. The third-order valence-corrected chi connectivity index (χ3v) is 2.68. The van der Waals surface area contributed by atoms with Gasteiger partial charge in [-0.25, -0.2) is 5.43 Å². The third kappa shape index (κ3) is 3.26. The lowest BCUT2D eigenvalue weighted by Crippen LogP contribution is -2.16. The van der Waals surface area contributed by atoms with Gasteiger partial charge in [0.25, 0.3) is 11.2 Å². The van der Waals surface area contributed by atoms with Gasteiger partial charge in [0.2, 0.25) is 5.95 Å². The summed E-state index contributed by atoms with van der Waals surface area (Å²) >= 11 is 0. The van der Waals surface area contributed by atoms with Gasteiger partial charge in [-0.15, -0.1) is 10.2 Å². The summed E-state index contributed by atoms with van der Waals surface area (Å²) in [7, 11) is 0. The van der Waals surface area contributed by atoms with Gasteiger partial charge in [-0.1, -0.05) is 12.1 Å². The quantitative estimate of drug-likeness (QED) is 0.494. The lowest BCUT2D eigenvalue weighted by molar-refractivity contribution is -0.385. The molecule has 2 aromatic rings. The number of para-hydroxylation sites is 1. The molecule has 21 heavy (non-hydrogen) atoms. The summed E-state index contributed by atoms with van der Waals surface area (Å²) in [4.78, 5) is 24.3. The molecule has 0 unspecified atom stereocenters. The number of hydrazone groups is 1. The van der Waals surface area contributed by atoms with Crippen molar-refractivity contribution in [3.05, 3.63) is 56.0 Å². The van der Waals surface area contributed by atoms with Crippen LogP contribution < -0.4 is 11.0 Å². The highest BCUT2D eigenvalue weighted by atomic mass is 16.6. The number of aryl methyl sites for hydroxylation is 1. The number of nitro groups is 1. The summed E-state index contributed by atoms with van der Waals surface area (Å²) in [6, 6.07) is 6.23. The van der Waals surface area contributed by atoms with Gasteiger partial charge < -0.3 is 0 Å². The summed E-state index contributed by atoms with van der Waals surface area (Å²) in [5.74, 6) is 0.0588. The molecular formula is C12H12N6O3. The first-order valence-corrected chi connectivity index (χ1v) is 5.96. The Labute approximate surface area is 118 Å². The number of nitrogens with zero attached hydrogens (tertiary/aromatic N) is 4. The van der Waals surface area contributed by atoms with Crippen LogP contribution in [0.25, 0.3) is 0 Å². The summed E-state index contributed by atoms with van der Waals surface area (Å²) in [5.41, 5.74) is 3.07. The zero-order valence-corrected chi connectivity index (χ0v) is 11.3. The monoisotopic (exact) mass is 288 g/mol. The molecule has 0 aliphatic carbocycles. The maximum Gasteiger partial charge on any atom is 0.278 e. The van der Waals surface area contributed by atoms with E-state index < -0.39 is 4.92 Å². The second-order valence-corrected chi connectivity index (χ2v) is 4.17. The molecule has 0 fully saturated rings. The first kappa shape index (κ1) is 14.3. The minimum absolute atomic E-state index is 0.0518. The Morgan fingerprint density at radius 2 is 2.10 bits per heavy atom. The number of rotatable bonds is 4. The standard InChI is InChI=1S/C12H12N6O3/c1-7(9-5-3-4-6-10(9)18(20)21)14-16-12-13-11(19)8(2)15-17-12/h3-6H,1-2H3,(H2,13,16,17,19)/b14-7-. The van der Waals surface area contributed by atoms with E-state index in [1.165, 1.54) is 13.0 Å². The number of nitrogens with one attached hydrogen (secondary N) is 2. The fourth-order valence-corrected chi connectivity index (χ4v) is 1.58. The highest BCUT2D eigenvalue weighted by Gasteiger charge is 2.14. The highest BCUT2D eigenvalue weighted by Crippen LogP contribution is 2.18. The number of aromatic nitrogens is 3. The first-order chi connectivity index (χ1) is 9.99. The fourth-order valence-electron chi connectivity index (χ4n) is 1.58. The maximum absolute atomic E-state index is 11.4. The predicted octanol–water partition coefficient (Wildman–Crippen LogP) is 1.22. The molecule has 1 aromatic heterocycles. The van der Waals surface area contributed by atoms with Gasteiger partial charge in [0.1, 0.15) is 5.69 Å². The second kappa shape index (κ2) is 5.90. The van der Waals surface area contributed by atoms with Crippen LogP contribution in [0, 0.1) is 17.0 Å². The molecule has 1 heterocycles. The molecule has 2 rings (SSSR count). The largest absolute Gasteiger partial charge is 0.288 e. The number of hydrogen-bond donors (Lipinski definition) is 2. The first-order valence-electron chi connectivity index (χ1n) is 5.96. The van der Waals surface area contributed by atoms with Gasteiger partial charge >= 0.3 is 0 Å². The Morgan fingerprint density at radius 1 is 1.38 bits per heavy atom. The van der Waals surface area contributed by atoms with Crippen LogP contribution in [0.4, 0.5) is 11.6 Å². The number of aromatic amines is 1. The normalized spacial score (nSPS) is 11.2. The number of H-pyrrole nitrogens is 1. The zero-order chi connectivity index (χ0) is 15.4. The van der Waals surface area contributed by atoms with E-state index >= 15 is 0 Å². The van der Waals surface area contributed by atoms with Crippen LogP contribution in [0.15, 0.2) is 34.2 Å². The molecule has 9 heteroatoms. The van der Waals surface area contributed by atoms with E-state index in [1.54, 1.807) is 25.1 Å². The van der Waals surface area contributed by atoms with Gasteiger partial charge in [-0.05, 0) is 19.9 Å². The van der Waals surface area contributed by atoms with Crippen molar-refractivity contribution >= 4 is 17.3 Å². The molecule has 0 amide bonds. The summed E-state index contributed by atoms with van der Waals surface area (Å²) in [6.45, 7) is 3.13. The smallest absolute Gasteiger partial charge is 0.278 e. The van der Waals surface area contributed by atoms with Crippen molar-refractivity contribution in [2.24, 2.45) is 5.10 Å². The van der Waals surface area contributed by atoms with Gasteiger partial charge in [-0.3, -0.25) is 19.9 Å². The third-order valence-electron chi connectivity index (χ3n) is 2.68. The Morgan fingerprint density at radius 3 is 2.76 bits per heavy atom. The minimum atomic E-state index is -0.484. The van der Waals surface area contributed by atoms with Crippen LogP contribution in [0.3, 0.4) is 0 Å². The molecule has 0 spiro atoms. The molecule has 0 bridgehead atoms. The van der Waals surface area contributed by atoms with Crippen molar-refractivity contribution in [2.45, 2.75) is 13.8 Å². The van der Waals surface area contributed by atoms with E-state index in [1.807, 2.05) is 0 Å². The summed E-state index contributed by atoms with van der Waals surface area (Å²) in [6.07, 6.45) is 0. The Balaban J connectivity index is 2.27. The lowest BCUT2D eigenvalue weighted by Gasteiger charge is -2.03. The molecule has 1 aromatic carbocycles. The van der Waals surface area contributed by atoms with Gasteiger partial charge in [-0.2, -0.15) is 5.10 Å². The van der Waals surface area contributed by atoms with Crippen LogP contribution in [0.1, 0.15) is 18.2 Å². The summed E-state index contributed by atoms with van der Waals surface area (Å²) < 4.78 is 0. The van der Waals surface area contributed by atoms with Crippen molar-refractivity contribution in [3.8, 4) is 0 Å². The SMILES string of the molecule is C/C(=N/Nc1nnc(C)c(=O)[nH]1)c1ccccc1[N+](=O)[O-]. The molecule has 0 aliphatic rings. The number of anilines is 1. The molecular weight excluding hydrogens is 276 g/mol. The van der Waals surface area contributed by atoms with Crippen LogP contribution in [-0.4, -0.2) is 25.8 Å². The highest BCUT2D eigenvalue weighted by molar-refractivity contribution is 6.02. The van der Waals surface area contributed by atoms with Crippen LogP contribution in [0.5, 0.6) is 0 Å². The molecule has 2 N–H and O–H groups in total. The molecule has 0 radical (unpaired) electrons. The molecule has 108 valence electrons. The number of nitro benzene ring substituents is 1. The molecule has 0 atom stereocenters. The Kier molecular flexibility index (Phi) is 4.02.